The van der Waals surface area contributed by atoms with Crippen LogP contribution in [0.5, 0.6) is 0 Å². The first-order valence-electron chi connectivity index (χ1n) is 9.04. The van der Waals surface area contributed by atoms with Crippen LogP contribution in [0.4, 0.5) is 5.69 Å². The van der Waals surface area contributed by atoms with Crippen molar-refractivity contribution in [2.75, 3.05) is 25.0 Å². The van der Waals surface area contributed by atoms with E-state index in [1.54, 1.807) is 0 Å². The van der Waals surface area contributed by atoms with Crippen LogP contribution < -0.4 is 10.6 Å². The number of anilines is 1. The minimum absolute atomic E-state index is 0.0665. The number of carboxylic acid groups (broad SMARTS) is 1. The minimum Gasteiger partial charge on any atom is -0.480 e. The van der Waals surface area contributed by atoms with E-state index in [4.69, 9.17) is 10.2 Å². The van der Waals surface area contributed by atoms with Gasteiger partial charge < -0.3 is 20.8 Å². The third kappa shape index (κ3) is 6.65. The Balaban J connectivity index is 1.86. The summed E-state index contributed by atoms with van der Waals surface area (Å²) in [5, 5.41) is 23.0. The lowest BCUT2D eigenvalue weighted by Crippen LogP contribution is -2.45. The third-order valence-corrected chi connectivity index (χ3v) is 4.52. The predicted molar refractivity (Wildman–Crippen MR) is 100 cm³/mol. The molecule has 0 spiro atoms. The van der Waals surface area contributed by atoms with Crippen molar-refractivity contribution < 1.29 is 24.6 Å². The van der Waals surface area contributed by atoms with Gasteiger partial charge in [-0.25, -0.2) is 4.79 Å². The molecule has 0 heterocycles. The predicted octanol–water partition coefficient (Wildman–Crippen LogP) is 0.658. The first-order valence-corrected chi connectivity index (χ1v) is 9.04. The number of aliphatic hydroxyl groups excluding tert-OH is 1. The summed E-state index contributed by atoms with van der Waals surface area (Å²) >= 11 is 0. The molecule has 1 aromatic carbocycles. The largest absolute Gasteiger partial charge is 0.480 e. The van der Waals surface area contributed by atoms with Crippen LogP contribution in [-0.4, -0.2) is 64.7 Å². The van der Waals surface area contributed by atoms with Gasteiger partial charge in [-0.15, -0.1) is 0 Å². The van der Waals surface area contributed by atoms with E-state index in [0.717, 1.165) is 29.7 Å². The Morgan fingerprint density at radius 1 is 1.22 bits per heavy atom. The molecule has 2 amide bonds. The number of hydrogen-bond donors (Lipinski definition) is 4. The average Bonchev–Trinajstić information content (AvgIpc) is 3.44. The van der Waals surface area contributed by atoms with Crippen molar-refractivity contribution >= 4 is 23.5 Å². The summed E-state index contributed by atoms with van der Waals surface area (Å²) in [6.07, 6.45) is 2.02. The summed E-state index contributed by atoms with van der Waals surface area (Å²) in [6, 6.07) is 4.82. The highest BCUT2D eigenvalue weighted by Crippen LogP contribution is 2.27. The maximum atomic E-state index is 12.4. The molecule has 4 N–H and O–H groups in total. The normalized spacial score (nSPS) is 14.7. The van der Waals surface area contributed by atoms with E-state index in [-0.39, 0.29) is 24.9 Å². The third-order valence-electron chi connectivity index (χ3n) is 4.52. The SMILES string of the molecule is Cc1ccc(C)c(NC(=O)CN(CCC(=O)NC(CO)C(=O)O)C2CC2)c1. The number of hydrogen-bond acceptors (Lipinski definition) is 5. The van der Waals surface area contributed by atoms with Gasteiger partial charge in [0.05, 0.1) is 13.2 Å². The van der Waals surface area contributed by atoms with Crippen LogP contribution in [0.2, 0.25) is 0 Å². The lowest BCUT2D eigenvalue weighted by atomic mass is 10.1. The first kappa shape index (κ1) is 20.9. The van der Waals surface area contributed by atoms with Gasteiger partial charge in [-0.3, -0.25) is 14.5 Å². The zero-order valence-corrected chi connectivity index (χ0v) is 15.7. The molecule has 1 fully saturated rings. The summed E-state index contributed by atoms with van der Waals surface area (Å²) in [4.78, 5) is 37.1. The average molecular weight is 377 g/mol. The number of nitrogens with one attached hydrogen (secondary N) is 2. The number of aliphatic hydroxyl groups is 1. The monoisotopic (exact) mass is 377 g/mol. The summed E-state index contributed by atoms with van der Waals surface area (Å²) in [5.74, 6) is -1.88. The van der Waals surface area contributed by atoms with E-state index < -0.39 is 24.5 Å². The Kier molecular flexibility index (Phi) is 7.32. The van der Waals surface area contributed by atoms with Crippen molar-refractivity contribution in [2.24, 2.45) is 0 Å². The van der Waals surface area contributed by atoms with E-state index in [2.05, 4.69) is 10.6 Å². The molecule has 1 unspecified atom stereocenters. The van der Waals surface area contributed by atoms with Crippen LogP contribution in [0, 0.1) is 13.8 Å². The molecule has 0 saturated heterocycles. The van der Waals surface area contributed by atoms with E-state index in [1.807, 2.05) is 36.9 Å². The van der Waals surface area contributed by atoms with Gasteiger partial charge >= 0.3 is 5.97 Å². The van der Waals surface area contributed by atoms with Gasteiger partial charge in [0.15, 0.2) is 0 Å². The molecule has 0 aliphatic heterocycles. The number of rotatable bonds is 10. The number of carbonyl (C=O) groups is 3. The van der Waals surface area contributed by atoms with Crippen molar-refractivity contribution in [3.05, 3.63) is 29.3 Å². The molecule has 8 heteroatoms. The molecular formula is C19H27N3O5. The summed E-state index contributed by atoms with van der Waals surface area (Å²) in [7, 11) is 0. The first-order chi connectivity index (χ1) is 12.8. The fraction of sp³-hybridized carbons (Fsp3) is 0.526. The molecule has 1 saturated carbocycles. The Labute approximate surface area is 158 Å². The standard InChI is InChI=1S/C19H27N3O5/c1-12-3-4-13(2)15(9-12)20-18(25)10-22(14-5-6-14)8-7-17(24)21-16(11-23)19(26)27/h3-4,9,14,16,23H,5-8,10-11H2,1-2H3,(H,20,25)(H,21,24)(H,26,27). The van der Waals surface area contributed by atoms with Crippen LogP contribution in [0.15, 0.2) is 18.2 Å². The smallest absolute Gasteiger partial charge is 0.328 e. The van der Waals surface area contributed by atoms with Gasteiger partial charge in [0.1, 0.15) is 6.04 Å². The Morgan fingerprint density at radius 2 is 1.93 bits per heavy atom. The van der Waals surface area contributed by atoms with Crippen molar-refractivity contribution in [3.8, 4) is 0 Å². The van der Waals surface area contributed by atoms with E-state index >= 15 is 0 Å². The molecule has 2 rings (SSSR count). The van der Waals surface area contributed by atoms with Crippen LogP contribution in [0.3, 0.4) is 0 Å². The molecule has 0 radical (unpaired) electrons. The molecular weight excluding hydrogens is 350 g/mol. The fourth-order valence-corrected chi connectivity index (χ4v) is 2.77. The molecule has 0 aromatic heterocycles. The van der Waals surface area contributed by atoms with Gasteiger partial charge in [-0.05, 0) is 43.9 Å². The number of aryl methyl sites for hydroxylation is 2. The van der Waals surface area contributed by atoms with Crippen molar-refractivity contribution in [1.29, 1.82) is 0 Å². The van der Waals surface area contributed by atoms with Crippen LogP contribution >= 0.6 is 0 Å². The van der Waals surface area contributed by atoms with E-state index in [0.29, 0.717) is 6.54 Å². The van der Waals surface area contributed by atoms with Gasteiger partial charge in [0.2, 0.25) is 11.8 Å². The summed E-state index contributed by atoms with van der Waals surface area (Å²) in [5.41, 5.74) is 2.82. The number of nitrogens with zero attached hydrogens (tertiary/aromatic N) is 1. The Bertz CT molecular complexity index is 703. The second-order valence-corrected chi connectivity index (χ2v) is 6.96. The molecule has 0 bridgehead atoms. The molecule has 8 nitrogen and oxygen atoms in total. The zero-order valence-electron chi connectivity index (χ0n) is 15.7. The molecule has 1 aromatic rings. The van der Waals surface area contributed by atoms with Gasteiger partial charge in [-0.2, -0.15) is 0 Å². The highest BCUT2D eigenvalue weighted by molar-refractivity contribution is 5.93. The quantitative estimate of drug-likeness (QED) is 0.476. The van der Waals surface area contributed by atoms with Crippen molar-refractivity contribution in [3.63, 3.8) is 0 Å². The lowest BCUT2D eigenvalue weighted by molar-refractivity contribution is -0.143. The number of aliphatic carboxylic acids is 1. The van der Waals surface area contributed by atoms with Gasteiger partial charge in [0.25, 0.3) is 0 Å². The Morgan fingerprint density at radius 3 is 2.52 bits per heavy atom. The van der Waals surface area contributed by atoms with Crippen molar-refractivity contribution in [1.82, 2.24) is 10.2 Å². The van der Waals surface area contributed by atoms with E-state index in [1.165, 1.54) is 0 Å². The highest BCUT2D eigenvalue weighted by Gasteiger charge is 2.30. The second-order valence-electron chi connectivity index (χ2n) is 6.96. The minimum atomic E-state index is -1.31. The number of carboxylic acids is 1. The van der Waals surface area contributed by atoms with Crippen molar-refractivity contribution in [2.45, 2.75) is 45.2 Å². The topological polar surface area (TPSA) is 119 Å². The van der Waals surface area contributed by atoms with Gasteiger partial charge in [0, 0.05) is 24.7 Å². The maximum Gasteiger partial charge on any atom is 0.328 e. The molecule has 1 aliphatic rings. The summed E-state index contributed by atoms with van der Waals surface area (Å²) in [6.45, 7) is 3.76. The Hall–Kier alpha value is -2.45. The molecule has 148 valence electrons. The van der Waals surface area contributed by atoms with Gasteiger partial charge in [-0.1, -0.05) is 12.1 Å². The van der Waals surface area contributed by atoms with Crippen LogP contribution in [0.25, 0.3) is 0 Å². The zero-order chi connectivity index (χ0) is 20.0. The summed E-state index contributed by atoms with van der Waals surface area (Å²) < 4.78 is 0. The molecule has 1 atom stereocenters. The molecule has 27 heavy (non-hydrogen) atoms. The van der Waals surface area contributed by atoms with Crippen LogP contribution in [-0.2, 0) is 14.4 Å². The number of benzene rings is 1. The van der Waals surface area contributed by atoms with E-state index in [9.17, 15) is 14.4 Å². The number of carbonyl (C=O) groups excluding carboxylic acids is 2. The van der Waals surface area contributed by atoms with Crippen LogP contribution in [0.1, 0.15) is 30.4 Å². The fourth-order valence-electron chi connectivity index (χ4n) is 2.77. The second kappa shape index (κ2) is 9.48. The maximum absolute atomic E-state index is 12.4. The number of amides is 2. The highest BCUT2D eigenvalue weighted by atomic mass is 16.4. The lowest BCUT2D eigenvalue weighted by Gasteiger charge is -2.22. The molecule has 1 aliphatic carbocycles.